The minimum absolute atomic E-state index is 0.287. The molecule has 0 saturated carbocycles. The van der Waals surface area contributed by atoms with E-state index in [1.54, 1.807) is 4.98 Å². The van der Waals surface area contributed by atoms with Crippen molar-refractivity contribution in [3.63, 3.8) is 0 Å². The van der Waals surface area contributed by atoms with Gasteiger partial charge in [-0.05, 0) is 0 Å². The fourth-order valence-electron chi connectivity index (χ4n) is 1.26. The quantitative estimate of drug-likeness (QED) is 0.363. The van der Waals surface area contributed by atoms with Crippen molar-refractivity contribution in [2.45, 2.75) is 0 Å². The second kappa shape index (κ2) is 5.44. The Hall–Kier alpha value is -2.82. The number of aromatic nitrogens is 6. The molecule has 3 rings (SSSR count). The molecule has 0 bridgehead atoms. The van der Waals surface area contributed by atoms with Crippen molar-refractivity contribution in [3.8, 4) is 0 Å². The zero-order valence-electron chi connectivity index (χ0n) is 9.73. The van der Waals surface area contributed by atoms with Crippen LogP contribution in [0.2, 0.25) is 0 Å². The highest BCUT2D eigenvalue weighted by Crippen LogP contribution is 2.06. The zero-order chi connectivity index (χ0) is 14.7. The molecule has 6 N–H and O–H groups in total. The fraction of sp³-hybridized carbons (Fsp3) is 0. The molecular formula is C9H8FN7O2S. The largest absolute Gasteiger partial charge is 0.369 e. The molecule has 0 aliphatic heterocycles. The number of nitrogens with zero attached hydrogens (tertiary/aromatic N) is 2. The van der Waals surface area contributed by atoms with Gasteiger partial charge in [0.1, 0.15) is 5.52 Å². The third kappa shape index (κ3) is 2.95. The van der Waals surface area contributed by atoms with E-state index in [1.165, 1.54) is 6.33 Å². The van der Waals surface area contributed by atoms with Gasteiger partial charge in [0.05, 0.1) is 6.33 Å². The number of imidazole rings is 1. The molecule has 0 saturated heterocycles. The van der Waals surface area contributed by atoms with E-state index in [0.717, 1.165) is 0 Å². The van der Waals surface area contributed by atoms with Gasteiger partial charge in [-0.15, -0.1) is 0 Å². The van der Waals surface area contributed by atoms with E-state index in [2.05, 4.69) is 19.9 Å². The predicted molar refractivity (Wildman–Crippen MR) is 71.1 cm³/mol. The molecule has 0 aliphatic rings. The molecule has 0 unspecified atom stereocenters. The molecule has 3 aromatic rings. The lowest BCUT2D eigenvalue weighted by Crippen LogP contribution is -2.23. The molecule has 3 heterocycles. The molecule has 0 fully saturated rings. The van der Waals surface area contributed by atoms with Crippen LogP contribution in [-0.2, 0) is 0 Å². The Bertz CT molecular complexity index is 909. The number of hydrogen-bond acceptors (Lipinski definition) is 6. The Balaban J connectivity index is 0.000000151. The molecule has 0 spiro atoms. The van der Waals surface area contributed by atoms with Gasteiger partial charge in [0, 0.05) is 6.20 Å². The minimum Gasteiger partial charge on any atom is -0.369 e. The van der Waals surface area contributed by atoms with Crippen LogP contribution in [0.15, 0.2) is 22.1 Å². The van der Waals surface area contributed by atoms with Crippen molar-refractivity contribution in [3.05, 3.63) is 43.8 Å². The van der Waals surface area contributed by atoms with Gasteiger partial charge in [0.15, 0.2) is 10.3 Å². The lowest BCUT2D eigenvalue weighted by Gasteiger charge is -1.91. The number of H-pyrrole nitrogens is 4. The fourth-order valence-corrected chi connectivity index (χ4v) is 1.51. The molecule has 3 aromatic heterocycles. The van der Waals surface area contributed by atoms with Crippen LogP contribution in [0.25, 0.3) is 11.2 Å². The standard InChI is InChI=1S/C5H5N5S.C4H3FN2O2/c6-5-9-3-2(4(11)10-5)7-1-8-3;5-2-1-6-4(9)7-3(2)8/h1H,(H4,6,7,8,9,10,11);1H,(H2,6,7,8,9). The Labute approximate surface area is 114 Å². The van der Waals surface area contributed by atoms with Gasteiger partial charge in [-0.3, -0.25) is 9.78 Å². The molecule has 0 aromatic carbocycles. The summed E-state index contributed by atoms with van der Waals surface area (Å²) in [6.07, 6.45) is 2.25. The first-order valence-electron chi connectivity index (χ1n) is 5.14. The number of anilines is 1. The molecular weight excluding hydrogens is 289 g/mol. The van der Waals surface area contributed by atoms with Crippen LogP contribution in [0.5, 0.6) is 0 Å². The summed E-state index contributed by atoms with van der Waals surface area (Å²) >= 11 is 4.91. The molecule has 0 aliphatic carbocycles. The molecule has 0 amide bonds. The van der Waals surface area contributed by atoms with Crippen molar-refractivity contribution in [1.29, 1.82) is 0 Å². The third-order valence-electron chi connectivity index (χ3n) is 2.10. The molecule has 9 nitrogen and oxygen atoms in total. The number of nitrogens with one attached hydrogen (secondary N) is 4. The van der Waals surface area contributed by atoms with Crippen molar-refractivity contribution in [2.24, 2.45) is 0 Å². The molecule has 104 valence electrons. The molecule has 11 heteroatoms. The number of halogens is 1. The van der Waals surface area contributed by atoms with Gasteiger partial charge in [0.2, 0.25) is 11.8 Å². The maximum Gasteiger partial charge on any atom is 0.325 e. The second-order valence-corrected chi connectivity index (χ2v) is 3.86. The number of fused-ring (bicyclic) bond motifs is 1. The Morgan fingerprint density at radius 3 is 2.65 bits per heavy atom. The van der Waals surface area contributed by atoms with E-state index in [9.17, 15) is 14.0 Å². The van der Waals surface area contributed by atoms with Crippen LogP contribution in [0.3, 0.4) is 0 Å². The Morgan fingerprint density at radius 2 is 2.00 bits per heavy atom. The minimum atomic E-state index is -1.00. The summed E-state index contributed by atoms with van der Waals surface area (Å²) < 4.78 is 12.4. The number of hydrogen-bond donors (Lipinski definition) is 5. The summed E-state index contributed by atoms with van der Waals surface area (Å²) in [4.78, 5) is 37.4. The van der Waals surface area contributed by atoms with Crippen LogP contribution in [0.1, 0.15) is 0 Å². The van der Waals surface area contributed by atoms with Crippen LogP contribution < -0.4 is 17.0 Å². The van der Waals surface area contributed by atoms with Gasteiger partial charge >= 0.3 is 5.69 Å². The van der Waals surface area contributed by atoms with Crippen molar-refractivity contribution in [2.75, 3.05) is 5.73 Å². The highest BCUT2D eigenvalue weighted by molar-refractivity contribution is 7.71. The summed E-state index contributed by atoms with van der Waals surface area (Å²) in [5.41, 5.74) is 5.05. The average molecular weight is 297 g/mol. The SMILES string of the molecule is Nc1nc(=S)c2[nH]cnc2[nH]1.O=c1[nH]cc(F)c(=O)[nH]1. The summed E-state index contributed by atoms with van der Waals surface area (Å²) in [6.45, 7) is 0. The smallest absolute Gasteiger partial charge is 0.325 e. The van der Waals surface area contributed by atoms with E-state index in [0.29, 0.717) is 22.0 Å². The summed E-state index contributed by atoms with van der Waals surface area (Å²) in [6, 6.07) is 0. The van der Waals surface area contributed by atoms with Crippen LogP contribution >= 0.6 is 12.2 Å². The van der Waals surface area contributed by atoms with E-state index in [1.807, 2.05) is 4.98 Å². The molecule has 20 heavy (non-hydrogen) atoms. The lowest BCUT2D eigenvalue weighted by molar-refractivity contribution is 0.597. The van der Waals surface area contributed by atoms with Crippen LogP contribution in [-0.4, -0.2) is 29.9 Å². The molecule has 0 radical (unpaired) electrons. The first kappa shape index (κ1) is 13.6. The summed E-state index contributed by atoms with van der Waals surface area (Å²) in [7, 11) is 0. The normalized spacial score (nSPS) is 10.1. The van der Waals surface area contributed by atoms with Gasteiger partial charge in [-0.25, -0.2) is 14.8 Å². The number of nitrogens with two attached hydrogens (primary N) is 1. The Kier molecular flexibility index (Phi) is 3.70. The van der Waals surface area contributed by atoms with Crippen LogP contribution in [0, 0.1) is 10.5 Å². The predicted octanol–water partition coefficient (Wildman–Crippen LogP) is -0.200. The van der Waals surface area contributed by atoms with Gasteiger partial charge in [-0.2, -0.15) is 4.39 Å². The maximum atomic E-state index is 12.0. The van der Waals surface area contributed by atoms with Gasteiger partial charge < -0.3 is 20.7 Å². The third-order valence-corrected chi connectivity index (χ3v) is 2.39. The zero-order valence-corrected chi connectivity index (χ0v) is 10.5. The highest BCUT2D eigenvalue weighted by atomic mass is 32.1. The van der Waals surface area contributed by atoms with Crippen LogP contribution in [0.4, 0.5) is 10.3 Å². The van der Waals surface area contributed by atoms with Crippen molar-refractivity contribution in [1.82, 2.24) is 29.9 Å². The van der Waals surface area contributed by atoms with Gasteiger partial charge in [-0.1, -0.05) is 12.2 Å². The first-order valence-corrected chi connectivity index (χ1v) is 5.54. The van der Waals surface area contributed by atoms with E-state index < -0.39 is 17.1 Å². The number of nitrogen functional groups attached to an aromatic ring is 1. The summed E-state index contributed by atoms with van der Waals surface area (Å²) in [5.74, 6) is -0.704. The first-order chi connectivity index (χ1) is 9.47. The van der Waals surface area contributed by atoms with Crippen molar-refractivity contribution >= 4 is 29.3 Å². The Morgan fingerprint density at radius 1 is 1.25 bits per heavy atom. The number of rotatable bonds is 0. The topological polar surface area (TPSA) is 149 Å². The molecule has 0 atom stereocenters. The highest BCUT2D eigenvalue weighted by Gasteiger charge is 1.98. The lowest BCUT2D eigenvalue weighted by atomic mass is 10.6. The summed E-state index contributed by atoms with van der Waals surface area (Å²) in [5, 5.41) is 0. The maximum absolute atomic E-state index is 12.0. The van der Waals surface area contributed by atoms with E-state index >= 15 is 0 Å². The van der Waals surface area contributed by atoms with Crippen molar-refractivity contribution < 1.29 is 4.39 Å². The average Bonchev–Trinajstić information content (AvgIpc) is 2.83. The van der Waals surface area contributed by atoms with E-state index in [4.69, 9.17) is 18.0 Å². The van der Waals surface area contributed by atoms with E-state index in [-0.39, 0.29) is 5.95 Å². The van der Waals surface area contributed by atoms with Gasteiger partial charge in [0.25, 0.3) is 5.56 Å². The number of aromatic amines is 4. The monoisotopic (exact) mass is 297 g/mol. The second-order valence-electron chi connectivity index (χ2n) is 3.47.